The molecular weight excluding hydrogens is 385 g/mol. The maximum atomic E-state index is 13.3. The molecular formula is C22H22FN5O2. The number of hydrogen-bond acceptors (Lipinski definition) is 3. The average molecular weight is 407 g/mol. The standard InChI is InChI=1S/C22H22FN5O2/c1-24-22(30)26-16-6-4-5-15(13-16)25-21(29)20-18-7-2-3-8-19(18)28(27-20)17-11-9-14(23)10-12-17/h4-6,9-13H,2-3,7-8H2,1H3,(H,25,29)(H2,24,26,30). The first-order chi connectivity index (χ1) is 14.5. The molecule has 3 amide bonds. The summed E-state index contributed by atoms with van der Waals surface area (Å²) in [7, 11) is 1.53. The highest BCUT2D eigenvalue weighted by Gasteiger charge is 2.25. The van der Waals surface area contributed by atoms with E-state index in [1.165, 1.54) is 19.2 Å². The lowest BCUT2D eigenvalue weighted by Gasteiger charge is -2.14. The van der Waals surface area contributed by atoms with Crippen LogP contribution in [0.3, 0.4) is 0 Å². The van der Waals surface area contributed by atoms with Crippen molar-refractivity contribution in [3.05, 3.63) is 71.3 Å². The Bertz CT molecular complexity index is 1090. The van der Waals surface area contributed by atoms with Crippen molar-refractivity contribution in [2.45, 2.75) is 25.7 Å². The number of carbonyl (C=O) groups is 2. The van der Waals surface area contributed by atoms with E-state index in [0.29, 0.717) is 17.1 Å². The second kappa shape index (κ2) is 8.36. The van der Waals surface area contributed by atoms with Crippen LogP contribution in [0.2, 0.25) is 0 Å². The first-order valence-corrected chi connectivity index (χ1v) is 9.82. The fourth-order valence-corrected chi connectivity index (χ4v) is 3.64. The van der Waals surface area contributed by atoms with E-state index in [0.717, 1.165) is 42.6 Å². The Kier molecular flexibility index (Phi) is 5.47. The summed E-state index contributed by atoms with van der Waals surface area (Å²) in [4.78, 5) is 24.5. The molecule has 30 heavy (non-hydrogen) atoms. The number of benzene rings is 2. The lowest BCUT2D eigenvalue weighted by Crippen LogP contribution is -2.24. The molecule has 0 atom stereocenters. The maximum Gasteiger partial charge on any atom is 0.318 e. The number of fused-ring (bicyclic) bond motifs is 1. The highest BCUT2D eigenvalue weighted by molar-refractivity contribution is 6.04. The van der Waals surface area contributed by atoms with Gasteiger partial charge in [0, 0.05) is 29.7 Å². The topological polar surface area (TPSA) is 88.1 Å². The van der Waals surface area contributed by atoms with E-state index in [9.17, 15) is 14.0 Å². The summed E-state index contributed by atoms with van der Waals surface area (Å²) in [5.41, 5.74) is 4.14. The molecule has 7 nitrogen and oxygen atoms in total. The molecule has 0 radical (unpaired) electrons. The Morgan fingerprint density at radius 3 is 2.43 bits per heavy atom. The molecule has 3 aromatic rings. The normalized spacial score (nSPS) is 12.7. The molecule has 1 aliphatic rings. The molecule has 2 aromatic carbocycles. The Labute approximate surface area is 173 Å². The fraction of sp³-hybridized carbons (Fsp3) is 0.227. The SMILES string of the molecule is CNC(=O)Nc1cccc(NC(=O)c2nn(-c3ccc(F)cc3)c3c2CCCC3)c1. The van der Waals surface area contributed by atoms with E-state index < -0.39 is 0 Å². The highest BCUT2D eigenvalue weighted by Crippen LogP contribution is 2.28. The molecule has 1 aliphatic carbocycles. The van der Waals surface area contributed by atoms with Crippen molar-refractivity contribution in [3.63, 3.8) is 0 Å². The summed E-state index contributed by atoms with van der Waals surface area (Å²) >= 11 is 0. The predicted molar refractivity (Wildman–Crippen MR) is 113 cm³/mol. The summed E-state index contributed by atoms with van der Waals surface area (Å²) < 4.78 is 15.1. The average Bonchev–Trinajstić information content (AvgIpc) is 3.14. The second-order valence-electron chi connectivity index (χ2n) is 7.11. The van der Waals surface area contributed by atoms with E-state index >= 15 is 0 Å². The molecule has 0 aliphatic heterocycles. The van der Waals surface area contributed by atoms with Gasteiger partial charge in [-0.2, -0.15) is 5.10 Å². The third-order valence-electron chi connectivity index (χ3n) is 5.07. The largest absolute Gasteiger partial charge is 0.341 e. The second-order valence-corrected chi connectivity index (χ2v) is 7.11. The zero-order valence-electron chi connectivity index (χ0n) is 16.5. The van der Waals surface area contributed by atoms with Crippen LogP contribution in [-0.2, 0) is 12.8 Å². The minimum atomic E-state index is -0.342. The summed E-state index contributed by atoms with van der Waals surface area (Å²) in [5.74, 6) is -0.630. The molecule has 0 unspecified atom stereocenters. The Hall–Kier alpha value is -3.68. The number of nitrogens with one attached hydrogen (secondary N) is 3. The molecule has 154 valence electrons. The quantitative estimate of drug-likeness (QED) is 0.613. The van der Waals surface area contributed by atoms with Crippen molar-refractivity contribution < 1.29 is 14.0 Å². The third kappa shape index (κ3) is 4.03. The van der Waals surface area contributed by atoms with E-state index in [1.54, 1.807) is 41.1 Å². The van der Waals surface area contributed by atoms with Crippen molar-refractivity contribution in [2.75, 3.05) is 17.7 Å². The van der Waals surface area contributed by atoms with Crippen molar-refractivity contribution >= 4 is 23.3 Å². The molecule has 0 saturated carbocycles. The molecule has 4 rings (SSSR count). The van der Waals surface area contributed by atoms with Gasteiger partial charge >= 0.3 is 6.03 Å². The van der Waals surface area contributed by atoms with E-state index in [4.69, 9.17) is 0 Å². The monoisotopic (exact) mass is 407 g/mol. The molecule has 0 fully saturated rings. The number of halogens is 1. The number of amides is 3. The number of carbonyl (C=O) groups excluding carboxylic acids is 2. The zero-order chi connectivity index (χ0) is 21.1. The number of urea groups is 1. The molecule has 0 saturated heterocycles. The minimum absolute atomic E-state index is 0.314. The zero-order valence-corrected chi connectivity index (χ0v) is 16.5. The van der Waals surface area contributed by atoms with Crippen LogP contribution >= 0.6 is 0 Å². The van der Waals surface area contributed by atoms with Gasteiger partial charge in [0.2, 0.25) is 0 Å². The van der Waals surface area contributed by atoms with E-state index in [1.807, 2.05) is 0 Å². The van der Waals surface area contributed by atoms with Crippen LogP contribution in [0.15, 0.2) is 48.5 Å². The third-order valence-corrected chi connectivity index (χ3v) is 5.07. The van der Waals surface area contributed by atoms with Crippen molar-refractivity contribution in [1.29, 1.82) is 0 Å². The maximum absolute atomic E-state index is 13.3. The lowest BCUT2D eigenvalue weighted by molar-refractivity contribution is 0.102. The van der Waals surface area contributed by atoms with Crippen LogP contribution in [0.5, 0.6) is 0 Å². The number of hydrogen-bond donors (Lipinski definition) is 3. The Balaban J connectivity index is 1.62. The van der Waals surface area contributed by atoms with Gasteiger partial charge in [-0.15, -0.1) is 0 Å². The molecule has 1 aromatic heterocycles. The van der Waals surface area contributed by atoms with Crippen LogP contribution in [0.1, 0.15) is 34.6 Å². The summed E-state index contributed by atoms with van der Waals surface area (Å²) in [5, 5.41) is 12.6. The summed E-state index contributed by atoms with van der Waals surface area (Å²) in [6.07, 6.45) is 3.61. The van der Waals surface area contributed by atoms with Crippen LogP contribution in [0, 0.1) is 5.82 Å². The van der Waals surface area contributed by atoms with Crippen molar-refractivity contribution in [2.24, 2.45) is 0 Å². The molecule has 0 bridgehead atoms. The molecule has 0 spiro atoms. The molecule has 8 heteroatoms. The number of rotatable bonds is 4. The molecule has 3 N–H and O–H groups in total. The summed E-state index contributed by atoms with van der Waals surface area (Å²) in [6.45, 7) is 0. The first-order valence-electron chi connectivity index (χ1n) is 9.82. The van der Waals surface area contributed by atoms with Gasteiger partial charge in [0.15, 0.2) is 5.69 Å². The van der Waals surface area contributed by atoms with Gasteiger partial charge < -0.3 is 16.0 Å². The van der Waals surface area contributed by atoms with E-state index in [-0.39, 0.29) is 17.8 Å². The Morgan fingerprint density at radius 2 is 1.70 bits per heavy atom. The Morgan fingerprint density at radius 1 is 1.00 bits per heavy atom. The van der Waals surface area contributed by atoms with Gasteiger partial charge in [-0.3, -0.25) is 4.79 Å². The number of aromatic nitrogens is 2. The van der Waals surface area contributed by atoms with Crippen LogP contribution < -0.4 is 16.0 Å². The highest BCUT2D eigenvalue weighted by atomic mass is 19.1. The summed E-state index contributed by atoms with van der Waals surface area (Å²) in [6, 6.07) is 12.6. The minimum Gasteiger partial charge on any atom is -0.341 e. The first kappa shape index (κ1) is 19.6. The van der Waals surface area contributed by atoms with Crippen molar-refractivity contribution in [3.8, 4) is 5.69 Å². The number of anilines is 2. The van der Waals surface area contributed by atoms with Gasteiger partial charge in [0.25, 0.3) is 5.91 Å². The van der Waals surface area contributed by atoms with Gasteiger partial charge in [-0.1, -0.05) is 6.07 Å². The van der Waals surface area contributed by atoms with Crippen LogP contribution in [-0.4, -0.2) is 28.8 Å². The smallest absolute Gasteiger partial charge is 0.318 e. The van der Waals surface area contributed by atoms with Gasteiger partial charge in [0.05, 0.1) is 5.69 Å². The van der Waals surface area contributed by atoms with Crippen LogP contribution in [0.4, 0.5) is 20.6 Å². The van der Waals surface area contributed by atoms with Gasteiger partial charge in [-0.05, 0) is 68.1 Å². The fourth-order valence-electron chi connectivity index (χ4n) is 3.64. The lowest BCUT2D eigenvalue weighted by atomic mass is 9.95. The van der Waals surface area contributed by atoms with E-state index in [2.05, 4.69) is 21.0 Å². The predicted octanol–water partition coefficient (Wildman–Crippen LogP) is 3.89. The number of nitrogens with zero attached hydrogens (tertiary/aromatic N) is 2. The van der Waals surface area contributed by atoms with Crippen molar-refractivity contribution in [1.82, 2.24) is 15.1 Å². The van der Waals surface area contributed by atoms with Crippen LogP contribution in [0.25, 0.3) is 5.69 Å². The van der Waals surface area contributed by atoms with Gasteiger partial charge in [-0.25, -0.2) is 13.9 Å². The van der Waals surface area contributed by atoms with Gasteiger partial charge in [0.1, 0.15) is 5.82 Å². The molecule has 1 heterocycles.